The van der Waals surface area contributed by atoms with Gasteiger partial charge in [0.25, 0.3) is 0 Å². The maximum absolute atomic E-state index is 13.1. The van der Waals surface area contributed by atoms with Crippen molar-refractivity contribution in [2.45, 2.75) is 32.5 Å². The molecule has 0 bridgehead atoms. The number of fused-ring (bicyclic) bond motifs is 1. The average Bonchev–Trinajstić information content (AvgIpc) is 3.44. The fourth-order valence-electron chi connectivity index (χ4n) is 4.22. The third-order valence-electron chi connectivity index (χ3n) is 5.77. The van der Waals surface area contributed by atoms with Crippen LogP contribution in [0.3, 0.4) is 0 Å². The van der Waals surface area contributed by atoms with E-state index in [1.807, 2.05) is 66.7 Å². The van der Waals surface area contributed by atoms with Crippen molar-refractivity contribution in [1.82, 2.24) is 0 Å². The van der Waals surface area contributed by atoms with E-state index < -0.39 is 17.4 Å². The van der Waals surface area contributed by atoms with Gasteiger partial charge in [-0.25, -0.2) is 0 Å². The van der Waals surface area contributed by atoms with Crippen molar-refractivity contribution in [3.63, 3.8) is 0 Å². The molecule has 1 saturated carbocycles. The standard InChI is InChI=1S/C24H24O4/c25-22(27-16-18-10-4-1-5-11-18)24(20-14-8-3-9-15-21(20)24)23(26)28-17-19-12-6-2-7-13-19/h1-2,4-8,10-14,20-21H,3,9,15-17H2/t20-,21+/m1/s1. The van der Waals surface area contributed by atoms with Crippen molar-refractivity contribution in [3.05, 3.63) is 83.9 Å². The lowest BCUT2D eigenvalue weighted by molar-refractivity contribution is -0.167. The zero-order valence-electron chi connectivity index (χ0n) is 15.8. The summed E-state index contributed by atoms with van der Waals surface area (Å²) in [7, 11) is 0. The average molecular weight is 376 g/mol. The number of carbonyl (C=O) groups is 2. The summed E-state index contributed by atoms with van der Waals surface area (Å²) < 4.78 is 11.2. The van der Waals surface area contributed by atoms with Gasteiger partial charge in [0.1, 0.15) is 13.2 Å². The molecule has 0 saturated heterocycles. The third kappa shape index (κ3) is 3.47. The number of allylic oxidation sites excluding steroid dienone is 2. The fourth-order valence-corrected chi connectivity index (χ4v) is 4.22. The van der Waals surface area contributed by atoms with Crippen molar-refractivity contribution in [2.24, 2.45) is 17.3 Å². The van der Waals surface area contributed by atoms with E-state index in [0.717, 1.165) is 30.4 Å². The van der Waals surface area contributed by atoms with Crippen LogP contribution < -0.4 is 0 Å². The molecule has 0 N–H and O–H groups in total. The predicted octanol–water partition coefficient (Wildman–Crippen LogP) is 4.45. The van der Waals surface area contributed by atoms with Crippen LogP contribution in [0.25, 0.3) is 0 Å². The molecule has 0 aromatic heterocycles. The Bertz CT molecular complexity index is 801. The van der Waals surface area contributed by atoms with Gasteiger partial charge in [-0.15, -0.1) is 0 Å². The topological polar surface area (TPSA) is 52.6 Å². The van der Waals surface area contributed by atoms with Crippen LogP contribution in [-0.4, -0.2) is 11.9 Å². The van der Waals surface area contributed by atoms with Crippen molar-refractivity contribution in [2.75, 3.05) is 0 Å². The molecular weight excluding hydrogens is 352 g/mol. The molecule has 2 atom stereocenters. The van der Waals surface area contributed by atoms with Crippen molar-refractivity contribution < 1.29 is 19.1 Å². The minimum Gasteiger partial charge on any atom is -0.460 e. The van der Waals surface area contributed by atoms with Gasteiger partial charge in [-0.05, 0) is 36.3 Å². The van der Waals surface area contributed by atoms with E-state index in [2.05, 4.69) is 6.08 Å². The Morgan fingerprint density at radius 3 is 1.93 bits per heavy atom. The van der Waals surface area contributed by atoms with Crippen LogP contribution in [0.4, 0.5) is 0 Å². The number of rotatable bonds is 6. The maximum atomic E-state index is 13.1. The number of hydrogen-bond donors (Lipinski definition) is 0. The van der Waals surface area contributed by atoms with Crippen molar-refractivity contribution in [1.29, 1.82) is 0 Å². The van der Waals surface area contributed by atoms with Crippen molar-refractivity contribution >= 4 is 11.9 Å². The first-order chi connectivity index (χ1) is 13.7. The molecule has 4 nitrogen and oxygen atoms in total. The van der Waals surface area contributed by atoms with E-state index in [4.69, 9.17) is 9.47 Å². The number of ether oxygens (including phenoxy) is 2. The van der Waals surface area contributed by atoms with E-state index >= 15 is 0 Å². The van der Waals surface area contributed by atoms with Gasteiger partial charge < -0.3 is 9.47 Å². The molecule has 2 aliphatic rings. The molecule has 2 aliphatic carbocycles. The molecule has 28 heavy (non-hydrogen) atoms. The first kappa shape index (κ1) is 18.5. The fraction of sp³-hybridized carbons (Fsp3) is 0.333. The van der Waals surface area contributed by atoms with Crippen LogP contribution >= 0.6 is 0 Å². The molecule has 0 heterocycles. The lowest BCUT2D eigenvalue weighted by Crippen LogP contribution is -2.33. The second-order valence-electron chi connectivity index (χ2n) is 7.48. The largest absolute Gasteiger partial charge is 0.460 e. The second kappa shape index (κ2) is 8.01. The highest BCUT2D eigenvalue weighted by Gasteiger charge is 2.75. The molecule has 1 fully saturated rings. The molecule has 0 spiro atoms. The second-order valence-corrected chi connectivity index (χ2v) is 7.48. The van der Waals surface area contributed by atoms with Gasteiger partial charge in [0, 0.05) is 5.92 Å². The van der Waals surface area contributed by atoms with E-state index in [9.17, 15) is 9.59 Å². The quantitative estimate of drug-likeness (QED) is 0.425. The summed E-state index contributed by atoms with van der Waals surface area (Å²) in [4.78, 5) is 26.2. The van der Waals surface area contributed by atoms with Gasteiger partial charge in [-0.1, -0.05) is 72.8 Å². The van der Waals surface area contributed by atoms with Gasteiger partial charge in [0.15, 0.2) is 5.41 Å². The molecule has 4 heteroatoms. The SMILES string of the molecule is O=C(OCc1ccccc1)C1(C(=O)OCc2ccccc2)[C@@H]2C=CCCC[C@@H]21. The minimum absolute atomic E-state index is 0.0298. The lowest BCUT2D eigenvalue weighted by atomic mass is 9.98. The molecule has 4 rings (SSSR count). The summed E-state index contributed by atoms with van der Waals surface area (Å²) in [6.45, 7) is 0.326. The Morgan fingerprint density at radius 1 is 0.857 bits per heavy atom. The Labute approximate surface area is 165 Å². The van der Waals surface area contributed by atoms with Gasteiger partial charge in [0.05, 0.1) is 0 Å². The van der Waals surface area contributed by atoms with E-state index in [-0.39, 0.29) is 25.0 Å². The Balaban J connectivity index is 1.50. The molecule has 2 aromatic carbocycles. The molecule has 144 valence electrons. The van der Waals surface area contributed by atoms with Gasteiger partial charge in [0.2, 0.25) is 0 Å². The molecule has 0 aliphatic heterocycles. The molecular formula is C24H24O4. The Hall–Kier alpha value is -2.88. The van der Waals surface area contributed by atoms with Crippen LogP contribution in [0.5, 0.6) is 0 Å². The summed E-state index contributed by atoms with van der Waals surface area (Å²) in [5, 5.41) is 0. The summed E-state index contributed by atoms with van der Waals surface area (Å²) >= 11 is 0. The normalized spacial score (nSPS) is 21.9. The minimum atomic E-state index is -1.19. The summed E-state index contributed by atoms with van der Waals surface area (Å²) in [5.74, 6) is -1.08. The smallest absolute Gasteiger partial charge is 0.324 e. The van der Waals surface area contributed by atoms with Gasteiger partial charge in [-0.2, -0.15) is 0 Å². The number of esters is 2. The first-order valence-corrected chi connectivity index (χ1v) is 9.82. The molecule has 0 unspecified atom stereocenters. The molecule has 2 aromatic rings. The monoisotopic (exact) mass is 376 g/mol. The first-order valence-electron chi connectivity index (χ1n) is 9.82. The van der Waals surface area contributed by atoms with Gasteiger partial charge in [-0.3, -0.25) is 9.59 Å². The summed E-state index contributed by atoms with van der Waals surface area (Å²) in [6.07, 6.45) is 6.86. The van der Waals surface area contributed by atoms with E-state index in [0.29, 0.717) is 0 Å². The maximum Gasteiger partial charge on any atom is 0.324 e. The van der Waals surface area contributed by atoms with E-state index in [1.165, 1.54) is 0 Å². The highest BCUT2D eigenvalue weighted by molar-refractivity contribution is 6.05. The predicted molar refractivity (Wildman–Crippen MR) is 105 cm³/mol. The Morgan fingerprint density at radius 2 is 1.39 bits per heavy atom. The highest BCUT2D eigenvalue weighted by Crippen LogP contribution is 2.64. The third-order valence-corrected chi connectivity index (χ3v) is 5.77. The van der Waals surface area contributed by atoms with Crippen LogP contribution in [0.15, 0.2) is 72.8 Å². The van der Waals surface area contributed by atoms with E-state index in [1.54, 1.807) is 0 Å². The zero-order valence-corrected chi connectivity index (χ0v) is 15.8. The van der Waals surface area contributed by atoms with Crippen molar-refractivity contribution in [3.8, 4) is 0 Å². The zero-order chi connectivity index (χ0) is 19.4. The van der Waals surface area contributed by atoms with Crippen LogP contribution in [0, 0.1) is 17.3 Å². The van der Waals surface area contributed by atoms with Gasteiger partial charge >= 0.3 is 11.9 Å². The van der Waals surface area contributed by atoms with Crippen LogP contribution in [0.2, 0.25) is 0 Å². The number of benzene rings is 2. The molecule has 0 radical (unpaired) electrons. The highest BCUT2D eigenvalue weighted by atomic mass is 16.6. The Kier molecular flexibility index (Phi) is 5.29. The van der Waals surface area contributed by atoms with Crippen LogP contribution in [0.1, 0.15) is 30.4 Å². The summed E-state index contributed by atoms with van der Waals surface area (Å²) in [6, 6.07) is 19.0. The van der Waals surface area contributed by atoms with Crippen LogP contribution in [-0.2, 0) is 32.3 Å². The lowest BCUT2D eigenvalue weighted by Gasteiger charge is -2.17. The number of hydrogen-bond acceptors (Lipinski definition) is 4. The number of carbonyl (C=O) groups excluding carboxylic acids is 2. The summed E-state index contributed by atoms with van der Waals surface area (Å²) in [5.41, 5.74) is 0.612. The molecule has 0 amide bonds.